The molecule has 1 fully saturated rings. The smallest absolute Gasteiger partial charge is 0.309 e. The molecule has 0 radical (unpaired) electrons. The fraction of sp³-hybridized carbons (Fsp3) is 0.562. The molecule has 0 saturated carbocycles. The third-order valence-electron chi connectivity index (χ3n) is 4.79. The van der Waals surface area contributed by atoms with Crippen LogP contribution >= 0.6 is 11.6 Å². The third kappa shape index (κ3) is 2.84. The second kappa shape index (κ2) is 6.15. The van der Waals surface area contributed by atoms with E-state index in [0.717, 1.165) is 23.7 Å². The van der Waals surface area contributed by atoms with Crippen LogP contribution in [0.5, 0.6) is 0 Å². The van der Waals surface area contributed by atoms with Crippen LogP contribution in [-0.2, 0) is 4.79 Å². The first-order valence-corrected chi connectivity index (χ1v) is 7.60. The Labute approximate surface area is 125 Å². The summed E-state index contributed by atoms with van der Waals surface area (Å²) >= 11 is 6.25. The second-order valence-corrected chi connectivity index (χ2v) is 6.08. The Bertz CT molecular complexity index is 481. The van der Waals surface area contributed by atoms with E-state index >= 15 is 0 Å². The lowest BCUT2D eigenvalue weighted by Crippen LogP contribution is -2.44. The van der Waals surface area contributed by atoms with Crippen molar-refractivity contribution in [3.8, 4) is 0 Å². The molecule has 0 aromatic heterocycles. The maximum Gasteiger partial charge on any atom is 0.309 e. The van der Waals surface area contributed by atoms with Gasteiger partial charge in [-0.2, -0.15) is 0 Å². The summed E-state index contributed by atoms with van der Waals surface area (Å²) in [4.78, 5) is 13.8. The van der Waals surface area contributed by atoms with Crippen LogP contribution in [0.4, 0.5) is 0 Å². The summed E-state index contributed by atoms with van der Waals surface area (Å²) in [6, 6.07) is 8.11. The van der Waals surface area contributed by atoms with Gasteiger partial charge in [0, 0.05) is 11.1 Å². The van der Waals surface area contributed by atoms with Crippen LogP contribution in [0.3, 0.4) is 0 Å². The highest BCUT2D eigenvalue weighted by molar-refractivity contribution is 6.31. The van der Waals surface area contributed by atoms with E-state index in [-0.39, 0.29) is 6.04 Å². The molecule has 110 valence electrons. The molecule has 4 heteroatoms. The summed E-state index contributed by atoms with van der Waals surface area (Å²) < 4.78 is 0. The quantitative estimate of drug-likeness (QED) is 0.913. The zero-order chi connectivity index (χ0) is 14.8. The highest BCUT2D eigenvalue weighted by Crippen LogP contribution is 2.38. The number of nitrogens with zero attached hydrogens (tertiary/aromatic N) is 1. The fourth-order valence-electron chi connectivity index (χ4n) is 3.07. The molecule has 1 atom stereocenters. The van der Waals surface area contributed by atoms with Crippen LogP contribution in [0.2, 0.25) is 5.02 Å². The molecule has 1 aromatic carbocycles. The summed E-state index contributed by atoms with van der Waals surface area (Å²) in [6.45, 7) is 5.74. The Morgan fingerprint density at radius 1 is 1.40 bits per heavy atom. The minimum atomic E-state index is -0.648. The van der Waals surface area contributed by atoms with E-state index in [4.69, 9.17) is 11.6 Å². The van der Waals surface area contributed by atoms with Crippen LogP contribution < -0.4 is 0 Å². The summed E-state index contributed by atoms with van der Waals surface area (Å²) in [5.41, 5.74) is 0.588. The predicted octanol–water partition coefficient (Wildman–Crippen LogP) is 3.98. The van der Waals surface area contributed by atoms with Gasteiger partial charge in [-0.05, 0) is 50.9 Å². The van der Waals surface area contributed by atoms with Crippen molar-refractivity contribution in [1.29, 1.82) is 0 Å². The fourth-order valence-corrected chi connectivity index (χ4v) is 3.36. The molecule has 1 unspecified atom stereocenters. The lowest BCUT2D eigenvalue weighted by Gasteiger charge is -2.41. The van der Waals surface area contributed by atoms with E-state index in [9.17, 15) is 9.90 Å². The molecule has 0 amide bonds. The van der Waals surface area contributed by atoms with Crippen LogP contribution in [-0.4, -0.2) is 29.1 Å². The number of rotatable bonds is 4. The van der Waals surface area contributed by atoms with Crippen molar-refractivity contribution in [2.45, 2.75) is 39.2 Å². The van der Waals surface area contributed by atoms with E-state index in [1.54, 1.807) is 0 Å². The van der Waals surface area contributed by atoms with E-state index in [0.29, 0.717) is 19.3 Å². The number of benzene rings is 1. The highest BCUT2D eigenvalue weighted by Gasteiger charge is 2.40. The average Bonchev–Trinajstić information content (AvgIpc) is 2.47. The first-order chi connectivity index (χ1) is 9.50. The SMILES string of the molecule is CCC1(C(=O)O)CCN(C(C)c2ccccc2Cl)CC1. The number of halogens is 1. The van der Waals surface area contributed by atoms with Crippen LogP contribution in [0.1, 0.15) is 44.7 Å². The summed E-state index contributed by atoms with van der Waals surface area (Å²) in [6.07, 6.45) is 2.14. The number of piperidine rings is 1. The van der Waals surface area contributed by atoms with E-state index in [1.165, 1.54) is 0 Å². The summed E-state index contributed by atoms with van der Waals surface area (Å²) in [7, 11) is 0. The van der Waals surface area contributed by atoms with Crippen molar-refractivity contribution in [2.24, 2.45) is 5.41 Å². The first kappa shape index (κ1) is 15.3. The highest BCUT2D eigenvalue weighted by atomic mass is 35.5. The molecule has 20 heavy (non-hydrogen) atoms. The van der Waals surface area contributed by atoms with Crippen LogP contribution in [0.25, 0.3) is 0 Å². The first-order valence-electron chi connectivity index (χ1n) is 7.22. The lowest BCUT2D eigenvalue weighted by molar-refractivity contribution is -0.152. The van der Waals surface area contributed by atoms with Gasteiger partial charge in [0.25, 0.3) is 0 Å². The number of aliphatic carboxylic acids is 1. The van der Waals surface area contributed by atoms with Gasteiger partial charge >= 0.3 is 5.97 Å². The predicted molar refractivity (Wildman–Crippen MR) is 81.0 cm³/mol. The molecular formula is C16H22ClNO2. The molecule has 1 aliphatic rings. The number of hydrogen-bond acceptors (Lipinski definition) is 2. The number of carboxylic acids is 1. The molecule has 1 heterocycles. The molecule has 2 rings (SSSR count). The maximum atomic E-state index is 11.5. The summed E-state index contributed by atoms with van der Waals surface area (Å²) in [5, 5.41) is 10.2. The van der Waals surface area contributed by atoms with Crippen LogP contribution in [0, 0.1) is 5.41 Å². The minimum Gasteiger partial charge on any atom is -0.481 e. The Kier molecular flexibility index (Phi) is 4.71. The van der Waals surface area contributed by atoms with Gasteiger partial charge in [0.05, 0.1) is 5.41 Å². The topological polar surface area (TPSA) is 40.5 Å². The van der Waals surface area contributed by atoms with Crippen molar-refractivity contribution in [2.75, 3.05) is 13.1 Å². The standard InChI is InChI=1S/C16H22ClNO2/c1-3-16(15(19)20)8-10-18(11-9-16)12(2)13-6-4-5-7-14(13)17/h4-7,12H,3,8-11H2,1-2H3,(H,19,20). The Balaban J connectivity index is 2.07. The minimum absolute atomic E-state index is 0.229. The zero-order valence-corrected chi connectivity index (χ0v) is 12.9. The average molecular weight is 296 g/mol. The molecule has 1 saturated heterocycles. The molecule has 1 aliphatic heterocycles. The number of hydrogen-bond donors (Lipinski definition) is 1. The zero-order valence-electron chi connectivity index (χ0n) is 12.1. The summed E-state index contributed by atoms with van der Waals surface area (Å²) in [5.74, 6) is -0.648. The van der Waals surface area contributed by atoms with Gasteiger partial charge in [0.2, 0.25) is 0 Å². The maximum absolute atomic E-state index is 11.5. The van der Waals surface area contributed by atoms with Gasteiger partial charge in [0.1, 0.15) is 0 Å². The number of likely N-dealkylation sites (tertiary alicyclic amines) is 1. The van der Waals surface area contributed by atoms with Gasteiger partial charge in [0.15, 0.2) is 0 Å². The van der Waals surface area contributed by atoms with Gasteiger partial charge in [-0.1, -0.05) is 36.7 Å². The molecule has 1 N–H and O–H groups in total. The lowest BCUT2D eigenvalue weighted by atomic mass is 9.76. The van der Waals surface area contributed by atoms with Crippen molar-refractivity contribution in [1.82, 2.24) is 4.90 Å². The van der Waals surface area contributed by atoms with Crippen LogP contribution in [0.15, 0.2) is 24.3 Å². The molecule has 0 spiro atoms. The Morgan fingerprint density at radius 2 is 2.00 bits per heavy atom. The second-order valence-electron chi connectivity index (χ2n) is 5.67. The molecule has 3 nitrogen and oxygen atoms in total. The molecule has 0 bridgehead atoms. The van der Waals surface area contributed by atoms with Crippen molar-refractivity contribution in [3.63, 3.8) is 0 Å². The normalized spacial score (nSPS) is 20.6. The monoisotopic (exact) mass is 295 g/mol. The van der Waals surface area contributed by atoms with Gasteiger partial charge in [-0.25, -0.2) is 0 Å². The van der Waals surface area contributed by atoms with E-state index in [1.807, 2.05) is 31.2 Å². The van der Waals surface area contributed by atoms with Crippen molar-refractivity contribution in [3.05, 3.63) is 34.9 Å². The number of carboxylic acid groups (broad SMARTS) is 1. The van der Waals surface area contributed by atoms with E-state index in [2.05, 4.69) is 11.8 Å². The number of carbonyl (C=O) groups is 1. The Morgan fingerprint density at radius 3 is 2.50 bits per heavy atom. The van der Waals surface area contributed by atoms with E-state index < -0.39 is 11.4 Å². The van der Waals surface area contributed by atoms with Gasteiger partial charge < -0.3 is 5.11 Å². The molecule has 1 aromatic rings. The van der Waals surface area contributed by atoms with Crippen molar-refractivity contribution < 1.29 is 9.90 Å². The third-order valence-corrected chi connectivity index (χ3v) is 5.13. The van der Waals surface area contributed by atoms with Gasteiger partial charge in [-0.15, -0.1) is 0 Å². The van der Waals surface area contributed by atoms with Gasteiger partial charge in [-0.3, -0.25) is 9.69 Å². The Hall–Kier alpha value is -1.06. The largest absolute Gasteiger partial charge is 0.481 e. The van der Waals surface area contributed by atoms with Crippen molar-refractivity contribution >= 4 is 17.6 Å². The molecule has 0 aliphatic carbocycles. The molecular weight excluding hydrogens is 274 g/mol.